The average molecular weight is 304 g/mol. The minimum Gasteiger partial charge on any atom is -0.311 e. The summed E-state index contributed by atoms with van der Waals surface area (Å²) in [6, 6.07) is 7.82. The Kier molecular flexibility index (Phi) is 4.86. The summed E-state index contributed by atoms with van der Waals surface area (Å²) < 4.78 is 0. The monoisotopic (exact) mass is 304 g/mol. The second kappa shape index (κ2) is 6.48. The van der Waals surface area contributed by atoms with Crippen LogP contribution < -0.4 is 10.4 Å². The zero-order chi connectivity index (χ0) is 16.3. The number of aryl methyl sites for hydroxylation is 1. The molecule has 0 spiro atoms. The highest BCUT2D eigenvalue weighted by Gasteiger charge is 2.36. The third kappa shape index (κ3) is 3.85. The zero-order valence-corrected chi connectivity index (χ0v) is 13.7. The molecule has 5 nitrogen and oxygen atoms in total. The number of carbonyl (C=O) groups is 2. The SMILES string of the molecule is CCc1ccccc1N1C[C@H](C(=O)NOC(C)(C)C)CC1=O. The molecule has 1 saturated heterocycles. The van der Waals surface area contributed by atoms with Crippen molar-refractivity contribution in [2.75, 3.05) is 11.4 Å². The molecule has 0 bridgehead atoms. The Labute approximate surface area is 131 Å². The molecule has 1 aromatic carbocycles. The molecule has 1 aromatic rings. The minimum atomic E-state index is -0.452. The highest BCUT2D eigenvalue weighted by atomic mass is 16.7. The summed E-state index contributed by atoms with van der Waals surface area (Å²) in [6.07, 6.45) is 1.07. The normalized spacial score (nSPS) is 18.6. The van der Waals surface area contributed by atoms with Crippen molar-refractivity contribution >= 4 is 17.5 Å². The van der Waals surface area contributed by atoms with Crippen LogP contribution in [0.2, 0.25) is 0 Å². The van der Waals surface area contributed by atoms with E-state index in [1.807, 2.05) is 45.0 Å². The van der Waals surface area contributed by atoms with Crippen molar-refractivity contribution in [2.24, 2.45) is 5.92 Å². The fraction of sp³-hybridized carbons (Fsp3) is 0.529. The van der Waals surface area contributed by atoms with Crippen LogP contribution in [0, 0.1) is 5.92 Å². The van der Waals surface area contributed by atoms with Crippen molar-refractivity contribution < 1.29 is 14.4 Å². The number of anilines is 1. The molecule has 2 rings (SSSR count). The molecular formula is C17H24N2O3. The Hall–Kier alpha value is -1.88. The topological polar surface area (TPSA) is 58.6 Å². The Morgan fingerprint density at radius 3 is 2.68 bits per heavy atom. The quantitative estimate of drug-likeness (QED) is 0.869. The van der Waals surface area contributed by atoms with Gasteiger partial charge in [0.2, 0.25) is 11.8 Å². The highest BCUT2D eigenvalue weighted by Crippen LogP contribution is 2.28. The molecule has 0 radical (unpaired) electrons. The van der Waals surface area contributed by atoms with E-state index in [1.165, 1.54) is 0 Å². The lowest BCUT2D eigenvalue weighted by Gasteiger charge is -2.21. The number of benzene rings is 1. The van der Waals surface area contributed by atoms with E-state index in [-0.39, 0.29) is 24.2 Å². The Morgan fingerprint density at radius 2 is 2.05 bits per heavy atom. The van der Waals surface area contributed by atoms with Gasteiger partial charge in [0, 0.05) is 18.7 Å². The van der Waals surface area contributed by atoms with E-state index in [9.17, 15) is 9.59 Å². The number of hydrogen-bond donors (Lipinski definition) is 1. The summed E-state index contributed by atoms with van der Waals surface area (Å²) in [7, 11) is 0. The van der Waals surface area contributed by atoms with E-state index in [0.29, 0.717) is 6.54 Å². The van der Waals surface area contributed by atoms with E-state index in [1.54, 1.807) is 4.90 Å². The fourth-order valence-electron chi connectivity index (χ4n) is 2.48. The Bertz CT molecular complexity index is 563. The van der Waals surface area contributed by atoms with Crippen molar-refractivity contribution in [3.8, 4) is 0 Å². The standard InChI is InChI=1S/C17H24N2O3/c1-5-12-8-6-7-9-14(12)19-11-13(10-15(19)20)16(21)18-22-17(2,3)4/h6-9,13H,5,10-11H2,1-4H3,(H,18,21)/t13-/m1/s1. The first-order valence-corrected chi connectivity index (χ1v) is 7.68. The molecule has 5 heteroatoms. The van der Waals surface area contributed by atoms with Crippen LogP contribution in [0.15, 0.2) is 24.3 Å². The van der Waals surface area contributed by atoms with Crippen molar-refractivity contribution in [2.45, 2.75) is 46.1 Å². The number of carbonyl (C=O) groups excluding carboxylic acids is 2. The molecule has 2 amide bonds. The maximum absolute atomic E-state index is 12.3. The number of nitrogens with one attached hydrogen (secondary N) is 1. The third-order valence-corrected chi connectivity index (χ3v) is 3.62. The summed E-state index contributed by atoms with van der Waals surface area (Å²) in [6.45, 7) is 8.03. The van der Waals surface area contributed by atoms with E-state index < -0.39 is 5.60 Å². The maximum atomic E-state index is 12.3. The van der Waals surface area contributed by atoms with Crippen LogP contribution in [0.3, 0.4) is 0 Å². The van der Waals surface area contributed by atoms with E-state index in [4.69, 9.17) is 4.84 Å². The smallest absolute Gasteiger partial charge is 0.248 e. The average Bonchev–Trinajstić information content (AvgIpc) is 2.86. The molecule has 120 valence electrons. The summed E-state index contributed by atoms with van der Waals surface area (Å²) >= 11 is 0. The Morgan fingerprint density at radius 1 is 1.36 bits per heavy atom. The first kappa shape index (κ1) is 16.5. The van der Waals surface area contributed by atoms with Crippen molar-refractivity contribution in [1.29, 1.82) is 0 Å². The number of rotatable bonds is 4. The molecule has 1 heterocycles. The number of hydroxylamine groups is 1. The summed E-state index contributed by atoms with van der Waals surface area (Å²) in [5, 5.41) is 0. The lowest BCUT2D eigenvalue weighted by atomic mass is 10.1. The minimum absolute atomic E-state index is 0.0168. The molecule has 1 aliphatic heterocycles. The Balaban J connectivity index is 2.06. The second-order valence-electron chi connectivity index (χ2n) is 6.57. The van der Waals surface area contributed by atoms with Crippen molar-refractivity contribution in [3.63, 3.8) is 0 Å². The van der Waals surface area contributed by atoms with E-state index in [2.05, 4.69) is 12.4 Å². The van der Waals surface area contributed by atoms with Crippen LogP contribution in [0.1, 0.15) is 39.7 Å². The van der Waals surface area contributed by atoms with E-state index in [0.717, 1.165) is 17.7 Å². The van der Waals surface area contributed by atoms with Crippen LogP contribution in [-0.4, -0.2) is 24.0 Å². The largest absolute Gasteiger partial charge is 0.311 e. The number of hydrogen-bond acceptors (Lipinski definition) is 3. The molecule has 0 aromatic heterocycles. The van der Waals surface area contributed by atoms with Gasteiger partial charge in [-0.3, -0.25) is 14.4 Å². The summed E-state index contributed by atoms with van der Waals surface area (Å²) in [5.74, 6) is -0.628. The first-order valence-electron chi connectivity index (χ1n) is 7.68. The van der Waals surface area contributed by atoms with Gasteiger partial charge in [0.15, 0.2) is 0 Å². The molecule has 22 heavy (non-hydrogen) atoms. The molecule has 1 atom stereocenters. The lowest BCUT2D eigenvalue weighted by molar-refractivity contribution is -0.149. The van der Waals surface area contributed by atoms with Gasteiger partial charge in [-0.2, -0.15) is 0 Å². The molecule has 1 N–H and O–H groups in total. The molecule has 0 unspecified atom stereocenters. The molecule has 0 aliphatic carbocycles. The molecule has 1 fully saturated rings. The van der Waals surface area contributed by atoms with Gasteiger partial charge in [-0.25, -0.2) is 5.48 Å². The fourth-order valence-corrected chi connectivity index (χ4v) is 2.48. The second-order valence-corrected chi connectivity index (χ2v) is 6.57. The van der Waals surface area contributed by atoms with Crippen LogP contribution in [-0.2, 0) is 20.8 Å². The first-order chi connectivity index (χ1) is 10.3. The van der Waals surface area contributed by atoms with Gasteiger partial charge in [-0.1, -0.05) is 25.1 Å². The van der Waals surface area contributed by atoms with Crippen molar-refractivity contribution in [1.82, 2.24) is 5.48 Å². The van der Waals surface area contributed by atoms with Gasteiger partial charge in [0.05, 0.1) is 11.5 Å². The van der Waals surface area contributed by atoms with Crippen molar-refractivity contribution in [3.05, 3.63) is 29.8 Å². The maximum Gasteiger partial charge on any atom is 0.248 e. The van der Waals surface area contributed by atoms with Gasteiger partial charge in [0.1, 0.15) is 0 Å². The lowest BCUT2D eigenvalue weighted by Crippen LogP contribution is -2.38. The predicted octanol–water partition coefficient (Wildman–Crippen LogP) is 2.45. The summed E-state index contributed by atoms with van der Waals surface area (Å²) in [4.78, 5) is 31.4. The van der Waals surface area contributed by atoms with Gasteiger partial charge in [-0.15, -0.1) is 0 Å². The predicted molar refractivity (Wildman–Crippen MR) is 85.3 cm³/mol. The summed E-state index contributed by atoms with van der Waals surface area (Å²) in [5.41, 5.74) is 4.03. The van der Waals surface area contributed by atoms with E-state index >= 15 is 0 Å². The third-order valence-electron chi connectivity index (χ3n) is 3.62. The number of nitrogens with zero attached hydrogens (tertiary/aromatic N) is 1. The van der Waals surface area contributed by atoms with Gasteiger partial charge < -0.3 is 4.90 Å². The number of amides is 2. The molecule has 1 aliphatic rings. The molecular weight excluding hydrogens is 280 g/mol. The van der Waals surface area contributed by atoms with Gasteiger partial charge in [0.25, 0.3) is 0 Å². The van der Waals surface area contributed by atoms with Crippen LogP contribution in [0.4, 0.5) is 5.69 Å². The van der Waals surface area contributed by atoms with Gasteiger partial charge >= 0.3 is 0 Å². The highest BCUT2D eigenvalue weighted by molar-refractivity contribution is 6.00. The number of para-hydroxylation sites is 1. The zero-order valence-electron chi connectivity index (χ0n) is 13.7. The molecule has 0 saturated carbocycles. The van der Waals surface area contributed by atoms with Crippen LogP contribution in [0.5, 0.6) is 0 Å². The van der Waals surface area contributed by atoms with Crippen LogP contribution >= 0.6 is 0 Å². The van der Waals surface area contributed by atoms with Crippen LogP contribution in [0.25, 0.3) is 0 Å². The van der Waals surface area contributed by atoms with Gasteiger partial charge in [-0.05, 0) is 38.8 Å².